The summed E-state index contributed by atoms with van der Waals surface area (Å²) in [6.07, 6.45) is 6.27. The summed E-state index contributed by atoms with van der Waals surface area (Å²) in [5.74, 6) is -1.88. The van der Waals surface area contributed by atoms with Crippen molar-refractivity contribution < 1.29 is 14.7 Å². The van der Waals surface area contributed by atoms with Crippen LogP contribution < -0.4 is 0 Å². The molecule has 0 aromatic rings. The number of carbonyl (C=O) groups is 2. The normalized spacial score (nSPS) is 24.7. The summed E-state index contributed by atoms with van der Waals surface area (Å²) in [6.45, 7) is 3.68. The number of carboxylic acids is 1. The molecule has 82 valence electrons. The molecule has 1 aliphatic carbocycles. The standard InChI is InChI=1S/C12H16O3/c1-8(2)7-11(13)9-5-3-4-6-10(9)12(14)15/h3-4,7,9-10H,5-6H2,1-2H3,(H,14,15)/t9?,10-/m0/s1. The Morgan fingerprint density at radius 1 is 1.20 bits per heavy atom. The van der Waals surface area contributed by atoms with Crippen LogP contribution in [0.5, 0.6) is 0 Å². The van der Waals surface area contributed by atoms with Gasteiger partial charge in [-0.1, -0.05) is 17.7 Å². The van der Waals surface area contributed by atoms with Gasteiger partial charge in [0.1, 0.15) is 0 Å². The van der Waals surface area contributed by atoms with Crippen molar-refractivity contribution in [2.45, 2.75) is 26.7 Å². The molecule has 0 aromatic carbocycles. The maximum absolute atomic E-state index is 11.7. The first-order chi connectivity index (χ1) is 7.02. The molecule has 3 nitrogen and oxygen atoms in total. The summed E-state index contributed by atoms with van der Waals surface area (Å²) in [7, 11) is 0. The minimum absolute atomic E-state index is 0.0632. The van der Waals surface area contributed by atoms with Crippen LogP contribution in [0.2, 0.25) is 0 Å². The van der Waals surface area contributed by atoms with Crippen molar-refractivity contribution in [2.75, 3.05) is 0 Å². The topological polar surface area (TPSA) is 54.4 Å². The number of ketones is 1. The fourth-order valence-electron chi connectivity index (χ4n) is 1.79. The zero-order valence-electron chi connectivity index (χ0n) is 9.06. The predicted octanol–water partition coefficient (Wildman–Crippen LogP) is 2.19. The van der Waals surface area contributed by atoms with Gasteiger partial charge in [-0.15, -0.1) is 0 Å². The van der Waals surface area contributed by atoms with Gasteiger partial charge >= 0.3 is 5.97 Å². The van der Waals surface area contributed by atoms with Crippen molar-refractivity contribution in [1.29, 1.82) is 0 Å². The first-order valence-corrected chi connectivity index (χ1v) is 5.09. The van der Waals surface area contributed by atoms with Crippen molar-refractivity contribution in [3.63, 3.8) is 0 Å². The Kier molecular flexibility index (Phi) is 3.83. The molecule has 0 aromatic heterocycles. The highest BCUT2D eigenvalue weighted by Gasteiger charge is 2.32. The van der Waals surface area contributed by atoms with Crippen LogP contribution in [0.1, 0.15) is 26.7 Å². The van der Waals surface area contributed by atoms with E-state index in [-0.39, 0.29) is 11.7 Å². The SMILES string of the molecule is CC(C)=CC(=O)C1CC=CC[C@@H]1C(=O)O. The number of rotatable bonds is 3. The maximum Gasteiger partial charge on any atom is 0.307 e. The van der Waals surface area contributed by atoms with Gasteiger partial charge in [-0.2, -0.15) is 0 Å². The van der Waals surface area contributed by atoms with Gasteiger partial charge in [0.25, 0.3) is 0 Å². The van der Waals surface area contributed by atoms with E-state index in [0.29, 0.717) is 12.8 Å². The zero-order chi connectivity index (χ0) is 11.4. The van der Waals surface area contributed by atoms with E-state index >= 15 is 0 Å². The van der Waals surface area contributed by atoms with Gasteiger partial charge in [-0.25, -0.2) is 0 Å². The Hall–Kier alpha value is -1.38. The molecular weight excluding hydrogens is 192 g/mol. The molecule has 0 amide bonds. The number of allylic oxidation sites excluding steroid dienone is 4. The number of hydrogen-bond donors (Lipinski definition) is 1. The summed E-state index contributed by atoms with van der Waals surface area (Å²) >= 11 is 0. The van der Waals surface area contributed by atoms with Crippen LogP contribution in [0, 0.1) is 11.8 Å². The number of carboxylic acid groups (broad SMARTS) is 1. The summed E-state index contributed by atoms with van der Waals surface area (Å²) in [5.41, 5.74) is 0.915. The lowest BCUT2D eigenvalue weighted by Crippen LogP contribution is -2.30. The van der Waals surface area contributed by atoms with Crippen LogP contribution in [0.15, 0.2) is 23.8 Å². The van der Waals surface area contributed by atoms with Gasteiger partial charge in [-0.05, 0) is 32.8 Å². The highest BCUT2D eigenvalue weighted by atomic mass is 16.4. The summed E-state index contributed by atoms with van der Waals surface area (Å²) in [5, 5.41) is 8.98. The van der Waals surface area contributed by atoms with E-state index in [4.69, 9.17) is 5.11 Å². The quantitative estimate of drug-likeness (QED) is 0.571. The summed E-state index contributed by atoms with van der Waals surface area (Å²) in [4.78, 5) is 22.7. The van der Waals surface area contributed by atoms with Gasteiger partial charge in [0.2, 0.25) is 0 Å². The highest BCUT2D eigenvalue weighted by molar-refractivity contribution is 5.95. The summed E-state index contributed by atoms with van der Waals surface area (Å²) < 4.78 is 0. The summed E-state index contributed by atoms with van der Waals surface area (Å²) in [6, 6.07) is 0. The molecule has 2 atom stereocenters. The third kappa shape index (κ3) is 3.05. The van der Waals surface area contributed by atoms with Crippen LogP contribution in [0.4, 0.5) is 0 Å². The Morgan fingerprint density at radius 2 is 1.73 bits per heavy atom. The average Bonchev–Trinajstić information content (AvgIpc) is 2.16. The van der Waals surface area contributed by atoms with Gasteiger partial charge in [0.05, 0.1) is 5.92 Å². The zero-order valence-corrected chi connectivity index (χ0v) is 9.06. The van der Waals surface area contributed by atoms with Crippen molar-refractivity contribution in [3.8, 4) is 0 Å². The molecule has 0 saturated carbocycles. The molecule has 1 rings (SSSR count). The van der Waals surface area contributed by atoms with E-state index in [0.717, 1.165) is 5.57 Å². The lowest BCUT2D eigenvalue weighted by atomic mass is 9.80. The molecule has 15 heavy (non-hydrogen) atoms. The second-order valence-corrected chi connectivity index (χ2v) is 4.12. The largest absolute Gasteiger partial charge is 0.481 e. The van der Waals surface area contributed by atoms with E-state index < -0.39 is 11.9 Å². The molecule has 0 radical (unpaired) electrons. The van der Waals surface area contributed by atoms with Crippen LogP contribution >= 0.6 is 0 Å². The number of hydrogen-bond acceptors (Lipinski definition) is 2. The van der Waals surface area contributed by atoms with Crippen molar-refractivity contribution in [2.24, 2.45) is 11.8 Å². The minimum Gasteiger partial charge on any atom is -0.481 e. The van der Waals surface area contributed by atoms with E-state index in [1.807, 2.05) is 26.0 Å². The first-order valence-electron chi connectivity index (χ1n) is 5.09. The molecule has 0 fully saturated rings. The van der Waals surface area contributed by atoms with Crippen molar-refractivity contribution in [1.82, 2.24) is 0 Å². The highest BCUT2D eigenvalue weighted by Crippen LogP contribution is 2.27. The molecule has 0 bridgehead atoms. The lowest BCUT2D eigenvalue weighted by molar-refractivity contribution is -0.146. The van der Waals surface area contributed by atoms with Gasteiger partial charge in [-0.3, -0.25) is 9.59 Å². The molecule has 1 aliphatic rings. The number of carbonyl (C=O) groups excluding carboxylic acids is 1. The van der Waals surface area contributed by atoms with Gasteiger partial charge < -0.3 is 5.11 Å². The first kappa shape index (κ1) is 11.7. The third-order valence-corrected chi connectivity index (χ3v) is 2.55. The van der Waals surface area contributed by atoms with Crippen LogP contribution in [-0.2, 0) is 9.59 Å². The average molecular weight is 208 g/mol. The molecule has 0 spiro atoms. The molecule has 3 heteroatoms. The molecule has 1 N–H and O–H groups in total. The van der Waals surface area contributed by atoms with Gasteiger partial charge in [0, 0.05) is 5.92 Å². The Bertz CT molecular complexity index is 322. The number of aliphatic carboxylic acids is 1. The predicted molar refractivity (Wildman–Crippen MR) is 57.4 cm³/mol. The Labute approximate surface area is 89.5 Å². The minimum atomic E-state index is -0.875. The van der Waals surface area contributed by atoms with Crippen LogP contribution in [0.3, 0.4) is 0 Å². The molecule has 0 saturated heterocycles. The molecule has 0 aliphatic heterocycles. The van der Waals surface area contributed by atoms with E-state index in [9.17, 15) is 9.59 Å². The van der Waals surface area contributed by atoms with Crippen molar-refractivity contribution in [3.05, 3.63) is 23.8 Å². The monoisotopic (exact) mass is 208 g/mol. The van der Waals surface area contributed by atoms with Crippen LogP contribution in [0.25, 0.3) is 0 Å². The lowest BCUT2D eigenvalue weighted by Gasteiger charge is -2.22. The Morgan fingerprint density at radius 3 is 2.20 bits per heavy atom. The van der Waals surface area contributed by atoms with E-state index in [1.165, 1.54) is 0 Å². The van der Waals surface area contributed by atoms with E-state index in [2.05, 4.69) is 0 Å². The van der Waals surface area contributed by atoms with Gasteiger partial charge in [0.15, 0.2) is 5.78 Å². The molecular formula is C12H16O3. The third-order valence-electron chi connectivity index (χ3n) is 2.55. The Balaban J connectivity index is 2.82. The van der Waals surface area contributed by atoms with Crippen molar-refractivity contribution >= 4 is 11.8 Å². The second-order valence-electron chi connectivity index (χ2n) is 4.12. The second kappa shape index (κ2) is 4.91. The smallest absolute Gasteiger partial charge is 0.307 e. The molecule has 1 unspecified atom stereocenters. The van der Waals surface area contributed by atoms with E-state index in [1.54, 1.807) is 6.08 Å². The fourth-order valence-corrected chi connectivity index (χ4v) is 1.79. The maximum atomic E-state index is 11.7. The van der Waals surface area contributed by atoms with Crippen LogP contribution in [-0.4, -0.2) is 16.9 Å². The fraction of sp³-hybridized carbons (Fsp3) is 0.500. The molecule has 0 heterocycles.